The number of carbonyl (C=O) groups excluding carboxylic acids is 1. The van der Waals surface area contributed by atoms with Crippen LogP contribution in [-0.4, -0.2) is 32.9 Å². The molecule has 1 aromatic carbocycles. The van der Waals surface area contributed by atoms with Crippen molar-refractivity contribution < 1.29 is 9.18 Å². The molecule has 7 heteroatoms. The van der Waals surface area contributed by atoms with Gasteiger partial charge in [0.1, 0.15) is 17.2 Å². The molecule has 0 N–H and O–H groups in total. The van der Waals surface area contributed by atoms with Gasteiger partial charge in [0.05, 0.1) is 11.7 Å². The Kier molecular flexibility index (Phi) is 5.26. The van der Waals surface area contributed by atoms with Gasteiger partial charge in [-0.05, 0) is 43.4 Å². The largest absolute Gasteiger partial charge is 0.338 e. The van der Waals surface area contributed by atoms with Crippen molar-refractivity contribution in [2.75, 3.05) is 6.54 Å². The van der Waals surface area contributed by atoms with E-state index in [2.05, 4.69) is 11.9 Å². The molecule has 3 heterocycles. The highest BCUT2D eigenvalue weighted by atomic mass is 32.1. The van der Waals surface area contributed by atoms with Crippen molar-refractivity contribution in [3.63, 3.8) is 0 Å². The number of carbonyl (C=O) groups is 1. The van der Waals surface area contributed by atoms with Crippen LogP contribution >= 0.6 is 11.3 Å². The first-order valence-corrected chi connectivity index (χ1v) is 10.5. The molecule has 0 spiro atoms. The lowest BCUT2D eigenvalue weighted by molar-refractivity contribution is -0.135. The van der Waals surface area contributed by atoms with Crippen LogP contribution in [0.1, 0.15) is 32.6 Å². The number of rotatable bonds is 4. The summed E-state index contributed by atoms with van der Waals surface area (Å²) in [5.41, 5.74) is 1.25. The quantitative estimate of drug-likeness (QED) is 0.665. The summed E-state index contributed by atoms with van der Waals surface area (Å²) in [7, 11) is 0. The van der Waals surface area contributed by atoms with Crippen LogP contribution in [0.15, 0.2) is 40.8 Å². The molecule has 28 heavy (non-hydrogen) atoms. The van der Waals surface area contributed by atoms with Gasteiger partial charge in [-0.15, -0.1) is 11.3 Å². The average Bonchev–Trinajstić information content (AvgIpc) is 3.15. The molecule has 1 aliphatic heterocycles. The Morgan fingerprint density at radius 1 is 1.29 bits per heavy atom. The van der Waals surface area contributed by atoms with Gasteiger partial charge in [-0.3, -0.25) is 14.2 Å². The van der Waals surface area contributed by atoms with Crippen molar-refractivity contribution in [2.24, 2.45) is 0 Å². The number of aromatic nitrogens is 2. The van der Waals surface area contributed by atoms with Gasteiger partial charge in [-0.1, -0.05) is 19.1 Å². The van der Waals surface area contributed by atoms with E-state index < -0.39 is 0 Å². The topological polar surface area (TPSA) is 55.2 Å². The first kappa shape index (κ1) is 18.8. The lowest BCUT2D eigenvalue weighted by Crippen LogP contribution is -2.45. The fourth-order valence-electron chi connectivity index (χ4n) is 3.91. The standard InChI is InChI=1S/C21H22FN3O2S/c1-2-16-5-3-4-10-25(16)18(26)11-24-13-23-20-19(21(24)27)17(12-28-20)14-6-8-15(22)9-7-14/h6-9,12-13,16H,2-5,10-11H2,1H3/t16-/m1/s1. The molecule has 0 radical (unpaired) electrons. The van der Waals surface area contributed by atoms with Gasteiger partial charge >= 0.3 is 0 Å². The summed E-state index contributed by atoms with van der Waals surface area (Å²) in [5.74, 6) is -0.357. The monoisotopic (exact) mass is 399 g/mol. The van der Waals surface area contributed by atoms with E-state index in [1.165, 1.54) is 34.4 Å². The Balaban J connectivity index is 1.68. The summed E-state index contributed by atoms with van der Waals surface area (Å²) in [6, 6.07) is 6.30. The van der Waals surface area contributed by atoms with Crippen LogP contribution < -0.4 is 5.56 Å². The molecule has 1 amide bonds. The highest BCUT2D eigenvalue weighted by molar-refractivity contribution is 7.17. The maximum atomic E-state index is 13.2. The van der Waals surface area contributed by atoms with E-state index in [0.29, 0.717) is 10.2 Å². The van der Waals surface area contributed by atoms with Gasteiger partial charge in [0.25, 0.3) is 5.56 Å². The minimum Gasteiger partial charge on any atom is -0.338 e. The van der Waals surface area contributed by atoms with E-state index in [1.54, 1.807) is 12.1 Å². The number of benzene rings is 1. The van der Waals surface area contributed by atoms with Gasteiger partial charge in [0, 0.05) is 23.5 Å². The number of likely N-dealkylation sites (tertiary alicyclic amines) is 1. The van der Waals surface area contributed by atoms with Crippen LogP contribution in [-0.2, 0) is 11.3 Å². The second-order valence-electron chi connectivity index (χ2n) is 7.16. The molecular weight excluding hydrogens is 377 g/mol. The second kappa shape index (κ2) is 7.83. The van der Waals surface area contributed by atoms with Crippen molar-refractivity contribution in [3.05, 3.63) is 52.1 Å². The molecule has 0 aliphatic carbocycles. The van der Waals surface area contributed by atoms with Gasteiger partial charge in [0.15, 0.2) is 0 Å². The minimum atomic E-state index is -0.323. The average molecular weight is 399 g/mol. The Morgan fingerprint density at radius 2 is 2.07 bits per heavy atom. The highest BCUT2D eigenvalue weighted by Crippen LogP contribution is 2.30. The molecular formula is C21H22FN3O2S. The number of thiophene rings is 1. The number of amides is 1. The van der Waals surface area contributed by atoms with Crippen molar-refractivity contribution in [2.45, 2.75) is 45.2 Å². The van der Waals surface area contributed by atoms with Gasteiger partial charge < -0.3 is 4.90 Å². The molecule has 146 valence electrons. The summed E-state index contributed by atoms with van der Waals surface area (Å²) >= 11 is 1.37. The second-order valence-corrected chi connectivity index (χ2v) is 8.02. The van der Waals surface area contributed by atoms with Crippen LogP contribution in [0, 0.1) is 5.82 Å². The lowest BCUT2D eigenvalue weighted by atomic mass is 10.00. The van der Waals surface area contributed by atoms with Gasteiger partial charge in [-0.25, -0.2) is 9.37 Å². The van der Waals surface area contributed by atoms with E-state index in [4.69, 9.17) is 0 Å². The van der Waals surface area contributed by atoms with Gasteiger partial charge in [0.2, 0.25) is 5.91 Å². The molecule has 3 aromatic rings. The molecule has 1 fully saturated rings. The zero-order valence-corrected chi connectivity index (χ0v) is 16.5. The van der Waals surface area contributed by atoms with Crippen LogP contribution in [0.3, 0.4) is 0 Å². The number of piperidine rings is 1. The maximum Gasteiger partial charge on any atom is 0.263 e. The Morgan fingerprint density at radius 3 is 2.82 bits per heavy atom. The fourth-order valence-corrected chi connectivity index (χ4v) is 4.82. The van der Waals surface area contributed by atoms with Crippen LogP contribution in [0.5, 0.6) is 0 Å². The highest BCUT2D eigenvalue weighted by Gasteiger charge is 2.26. The number of hydrogen-bond acceptors (Lipinski definition) is 4. The fraction of sp³-hybridized carbons (Fsp3) is 0.381. The molecule has 1 aliphatic rings. The minimum absolute atomic E-state index is 0.00300. The van der Waals surface area contributed by atoms with Gasteiger partial charge in [-0.2, -0.15) is 0 Å². The van der Waals surface area contributed by atoms with Crippen LogP contribution in [0.25, 0.3) is 21.3 Å². The predicted molar refractivity (Wildman–Crippen MR) is 109 cm³/mol. The zero-order chi connectivity index (χ0) is 19.7. The molecule has 1 saturated heterocycles. The van der Waals surface area contributed by atoms with Crippen molar-refractivity contribution >= 4 is 27.5 Å². The van der Waals surface area contributed by atoms with E-state index in [1.807, 2.05) is 10.3 Å². The van der Waals surface area contributed by atoms with Crippen molar-refractivity contribution in [1.82, 2.24) is 14.5 Å². The molecule has 0 bridgehead atoms. The number of nitrogens with zero attached hydrogens (tertiary/aromatic N) is 3. The normalized spacial score (nSPS) is 17.2. The van der Waals surface area contributed by atoms with Crippen molar-refractivity contribution in [1.29, 1.82) is 0 Å². The molecule has 0 saturated carbocycles. The van der Waals surface area contributed by atoms with E-state index >= 15 is 0 Å². The third-order valence-corrected chi connectivity index (χ3v) is 6.33. The zero-order valence-electron chi connectivity index (χ0n) is 15.7. The van der Waals surface area contributed by atoms with Crippen LogP contribution in [0.4, 0.5) is 4.39 Å². The predicted octanol–water partition coefficient (Wildman–Crippen LogP) is 4.06. The maximum absolute atomic E-state index is 13.2. The summed E-state index contributed by atoms with van der Waals surface area (Å²) in [6.45, 7) is 2.84. The Labute approximate surface area is 166 Å². The van der Waals surface area contributed by atoms with Crippen LogP contribution in [0.2, 0.25) is 0 Å². The summed E-state index contributed by atoms with van der Waals surface area (Å²) in [4.78, 5) is 32.9. The SMILES string of the molecule is CC[C@@H]1CCCCN1C(=O)Cn1cnc2scc(-c3ccc(F)cc3)c2c1=O. The van der Waals surface area contributed by atoms with E-state index in [0.717, 1.165) is 43.4 Å². The third kappa shape index (κ3) is 3.46. The Hall–Kier alpha value is -2.54. The first-order chi connectivity index (χ1) is 13.6. The van der Waals surface area contributed by atoms with E-state index in [9.17, 15) is 14.0 Å². The molecule has 5 nitrogen and oxygen atoms in total. The smallest absolute Gasteiger partial charge is 0.263 e. The summed E-state index contributed by atoms with van der Waals surface area (Å²) < 4.78 is 14.6. The summed E-state index contributed by atoms with van der Waals surface area (Å²) in [5, 5.41) is 2.34. The third-order valence-electron chi connectivity index (χ3n) is 5.44. The van der Waals surface area contributed by atoms with E-state index in [-0.39, 0.29) is 29.9 Å². The molecule has 0 unspecified atom stereocenters. The molecule has 4 rings (SSSR count). The van der Waals surface area contributed by atoms with Crippen molar-refractivity contribution in [3.8, 4) is 11.1 Å². The number of fused-ring (bicyclic) bond motifs is 1. The number of halogens is 1. The Bertz CT molecular complexity index is 1060. The number of hydrogen-bond donors (Lipinski definition) is 0. The first-order valence-electron chi connectivity index (χ1n) is 9.60. The molecule has 2 aromatic heterocycles. The molecule has 1 atom stereocenters. The lowest BCUT2D eigenvalue weighted by Gasteiger charge is -2.35. The summed E-state index contributed by atoms with van der Waals surface area (Å²) in [6.07, 6.45) is 5.56.